The summed E-state index contributed by atoms with van der Waals surface area (Å²) in [5.41, 5.74) is 7.04. The van der Waals surface area contributed by atoms with Gasteiger partial charge in [0.25, 0.3) is 0 Å². The van der Waals surface area contributed by atoms with Gasteiger partial charge in [-0.15, -0.1) is 0 Å². The molecule has 0 heterocycles. The third-order valence-corrected chi connectivity index (χ3v) is 2.99. The second kappa shape index (κ2) is 3.72. The van der Waals surface area contributed by atoms with E-state index in [0.29, 0.717) is 17.5 Å². The highest BCUT2D eigenvalue weighted by Crippen LogP contribution is 2.38. The lowest BCUT2D eigenvalue weighted by molar-refractivity contribution is 0.144. The summed E-state index contributed by atoms with van der Waals surface area (Å²) in [7, 11) is 0. The third kappa shape index (κ3) is 1.66. The van der Waals surface area contributed by atoms with Crippen LogP contribution < -0.4 is 5.73 Å². The first-order valence-electron chi connectivity index (χ1n) is 5.08. The molecule has 0 amide bonds. The van der Waals surface area contributed by atoms with Gasteiger partial charge in [0.15, 0.2) is 11.5 Å². The molecule has 2 unspecified atom stereocenters. The fourth-order valence-electron chi connectivity index (χ4n) is 2.08. The highest BCUT2D eigenvalue weighted by atomic mass is 16.3. The Kier molecular flexibility index (Phi) is 2.54. The standard InChI is InChI=1S/C11H15NO3/c12-8-3-1-2-6-7(10(8)14)4-5-9(13)11(6)15/h4-5,8,10,13-15H,1-3,12H2. The van der Waals surface area contributed by atoms with Gasteiger partial charge in [0, 0.05) is 11.6 Å². The van der Waals surface area contributed by atoms with Gasteiger partial charge in [-0.25, -0.2) is 0 Å². The van der Waals surface area contributed by atoms with E-state index < -0.39 is 6.10 Å². The molecule has 4 heteroatoms. The van der Waals surface area contributed by atoms with Gasteiger partial charge in [0.05, 0.1) is 6.10 Å². The number of rotatable bonds is 0. The molecular weight excluding hydrogens is 194 g/mol. The molecule has 2 atom stereocenters. The molecular formula is C11H15NO3. The molecule has 1 aliphatic carbocycles. The van der Waals surface area contributed by atoms with Crippen molar-refractivity contribution in [3.05, 3.63) is 23.3 Å². The summed E-state index contributed by atoms with van der Waals surface area (Å²) in [5, 5.41) is 28.9. The Balaban J connectivity index is 2.53. The van der Waals surface area contributed by atoms with E-state index in [1.807, 2.05) is 0 Å². The van der Waals surface area contributed by atoms with Crippen molar-refractivity contribution in [2.24, 2.45) is 5.73 Å². The molecule has 1 aromatic carbocycles. The van der Waals surface area contributed by atoms with Gasteiger partial charge in [-0.1, -0.05) is 6.07 Å². The molecule has 1 aromatic rings. The van der Waals surface area contributed by atoms with Crippen molar-refractivity contribution < 1.29 is 15.3 Å². The Labute approximate surface area is 88.0 Å². The second-order valence-corrected chi connectivity index (χ2v) is 4.00. The van der Waals surface area contributed by atoms with E-state index in [4.69, 9.17) is 5.73 Å². The molecule has 82 valence electrons. The van der Waals surface area contributed by atoms with E-state index in [1.165, 1.54) is 6.07 Å². The molecule has 0 aliphatic heterocycles. The van der Waals surface area contributed by atoms with Crippen molar-refractivity contribution in [2.45, 2.75) is 31.4 Å². The predicted octanol–water partition coefficient (Wildman–Crippen LogP) is 0.795. The average Bonchev–Trinajstić information content (AvgIpc) is 2.35. The van der Waals surface area contributed by atoms with Crippen molar-refractivity contribution in [2.75, 3.05) is 0 Å². The van der Waals surface area contributed by atoms with Crippen molar-refractivity contribution in [3.63, 3.8) is 0 Å². The molecule has 2 rings (SSSR count). The molecule has 1 aliphatic rings. The zero-order valence-electron chi connectivity index (χ0n) is 8.35. The number of hydrogen-bond acceptors (Lipinski definition) is 4. The van der Waals surface area contributed by atoms with Crippen LogP contribution in [0.3, 0.4) is 0 Å². The highest BCUT2D eigenvalue weighted by molar-refractivity contribution is 5.50. The van der Waals surface area contributed by atoms with E-state index in [-0.39, 0.29) is 17.5 Å². The minimum absolute atomic E-state index is 0.124. The molecule has 15 heavy (non-hydrogen) atoms. The van der Waals surface area contributed by atoms with Gasteiger partial charge < -0.3 is 21.1 Å². The SMILES string of the molecule is NC1CCCc2c(ccc(O)c2O)C1O. The van der Waals surface area contributed by atoms with E-state index in [1.54, 1.807) is 6.07 Å². The smallest absolute Gasteiger partial charge is 0.161 e. The fourth-order valence-corrected chi connectivity index (χ4v) is 2.08. The summed E-state index contributed by atoms with van der Waals surface area (Å²) in [6, 6.07) is 2.71. The number of aliphatic hydroxyl groups excluding tert-OH is 1. The van der Waals surface area contributed by atoms with Gasteiger partial charge in [0.1, 0.15) is 0 Å². The number of phenolic OH excluding ortho intramolecular Hbond substituents is 2. The van der Waals surface area contributed by atoms with Crippen molar-refractivity contribution >= 4 is 0 Å². The van der Waals surface area contributed by atoms with Crippen molar-refractivity contribution in [1.29, 1.82) is 0 Å². The van der Waals surface area contributed by atoms with Crippen LogP contribution in [0.2, 0.25) is 0 Å². The Bertz CT molecular complexity index is 378. The summed E-state index contributed by atoms with van der Waals surface area (Å²) >= 11 is 0. The molecule has 4 nitrogen and oxygen atoms in total. The molecule has 0 radical (unpaired) electrons. The van der Waals surface area contributed by atoms with Crippen molar-refractivity contribution in [3.8, 4) is 11.5 Å². The maximum Gasteiger partial charge on any atom is 0.161 e. The van der Waals surface area contributed by atoms with E-state index in [9.17, 15) is 15.3 Å². The second-order valence-electron chi connectivity index (χ2n) is 4.00. The van der Waals surface area contributed by atoms with Crippen LogP contribution in [0.4, 0.5) is 0 Å². The summed E-state index contributed by atoms with van der Waals surface area (Å²) < 4.78 is 0. The number of hydrogen-bond donors (Lipinski definition) is 4. The van der Waals surface area contributed by atoms with E-state index >= 15 is 0 Å². The van der Waals surface area contributed by atoms with Crippen LogP contribution in [0.15, 0.2) is 12.1 Å². The van der Waals surface area contributed by atoms with Crippen LogP contribution in [0.5, 0.6) is 11.5 Å². The maximum atomic E-state index is 9.91. The lowest BCUT2D eigenvalue weighted by Gasteiger charge is -2.18. The average molecular weight is 209 g/mol. The lowest BCUT2D eigenvalue weighted by atomic mass is 9.98. The Hall–Kier alpha value is -1.26. The Morgan fingerprint density at radius 1 is 1.27 bits per heavy atom. The number of aliphatic hydroxyl groups is 1. The molecule has 0 fully saturated rings. The first kappa shape index (κ1) is 10.3. The summed E-state index contributed by atoms with van der Waals surface area (Å²) in [5.74, 6) is -0.267. The predicted molar refractivity (Wildman–Crippen MR) is 55.6 cm³/mol. The number of benzene rings is 1. The molecule has 0 aromatic heterocycles. The van der Waals surface area contributed by atoms with Crippen LogP contribution in [0.25, 0.3) is 0 Å². The Morgan fingerprint density at radius 2 is 2.00 bits per heavy atom. The first-order chi connectivity index (χ1) is 7.11. The zero-order chi connectivity index (χ0) is 11.0. The van der Waals surface area contributed by atoms with Gasteiger partial charge in [-0.05, 0) is 30.9 Å². The molecule has 0 saturated heterocycles. The summed E-state index contributed by atoms with van der Waals surface area (Å²) in [4.78, 5) is 0. The van der Waals surface area contributed by atoms with Gasteiger partial charge in [-0.2, -0.15) is 0 Å². The third-order valence-electron chi connectivity index (χ3n) is 2.99. The monoisotopic (exact) mass is 209 g/mol. The van der Waals surface area contributed by atoms with E-state index in [0.717, 1.165) is 12.8 Å². The minimum Gasteiger partial charge on any atom is -0.504 e. The van der Waals surface area contributed by atoms with Gasteiger partial charge >= 0.3 is 0 Å². The molecule has 0 bridgehead atoms. The quantitative estimate of drug-likeness (QED) is 0.376. The topological polar surface area (TPSA) is 86.7 Å². The largest absolute Gasteiger partial charge is 0.504 e. The van der Waals surface area contributed by atoms with Crippen LogP contribution in [-0.2, 0) is 6.42 Å². The molecule has 5 N–H and O–H groups in total. The maximum absolute atomic E-state index is 9.91. The summed E-state index contributed by atoms with van der Waals surface area (Å²) in [6.07, 6.45) is 1.41. The zero-order valence-corrected chi connectivity index (χ0v) is 8.35. The Morgan fingerprint density at radius 3 is 2.73 bits per heavy atom. The number of nitrogens with two attached hydrogens (primary N) is 1. The van der Waals surface area contributed by atoms with Gasteiger partial charge in [0.2, 0.25) is 0 Å². The van der Waals surface area contributed by atoms with E-state index in [2.05, 4.69) is 0 Å². The van der Waals surface area contributed by atoms with Gasteiger partial charge in [-0.3, -0.25) is 0 Å². The number of aromatic hydroxyl groups is 2. The minimum atomic E-state index is -0.756. The van der Waals surface area contributed by atoms with Crippen molar-refractivity contribution in [1.82, 2.24) is 0 Å². The van der Waals surface area contributed by atoms with Crippen LogP contribution in [0.1, 0.15) is 30.1 Å². The highest BCUT2D eigenvalue weighted by Gasteiger charge is 2.25. The van der Waals surface area contributed by atoms with Crippen LogP contribution in [0, 0.1) is 0 Å². The first-order valence-corrected chi connectivity index (χ1v) is 5.08. The summed E-state index contributed by atoms with van der Waals surface area (Å²) in [6.45, 7) is 0. The van der Waals surface area contributed by atoms with Crippen LogP contribution >= 0.6 is 0 Å². The molecule has 0 spiro atoms. The van der Waals surface area contributed by atoms with Crippen LogP contribution in [-0.4, -0.2) is 21.4 Å². The fraction of sp³-hybridized carbons (Fsp3) is 0.455. The normalized spacial score (nSPS) is 25.7. The molecule has 0 saturated carbocycles. The number of fused-ring (bicyclic) bond motifs is 1. The number of phenols is 2. The lowest BCUT2D eigenvalue weighted by Crippen LogP contribution is -2.27.